The molecular formula is C22H18N4O2. The van der Waals surface area contributed by atoms with Crippen LogP contribution in [0.1, 0.15) is 28.3 Å². The van der Waals surface area contributed by atoms with E-state index >= 15 is 0 Å². The Labute approximate surface area is 161 Å². The zero-order chi connectivity index (χ0) is 19.1. The summed E-state index contributed by atoms with van der Waals surface area (Å²) in [6.07, 6.45) is 2.37. The number of carbonyl (C=O) groups is 1. The van der Waals surface area contributed by atoms with Gasteiger partial charge < -0.3 is 10.4 Å². The molecule has 4 aromatic rings. The van der Waals surface area contributed by atoms with Crippen molar-refractivity contribution in [3.05, 3.63) is 84.1 Å². The van der Waals surface area contributed by atoms with Crippen molar-refractivity contribution >= 4 is 11.6 Å². The lowest BCUT2D eigenvalue weighted by Crippen LogP contribution is -2.26. The van der Waals surface area contributed by atoms with Gasteiger partial charge in [0.15, 0.2) is 5.65 Å². The fraction of sp³-hybridized carbons (Fsp3) is 0.136. The summed E-state index contributed by atoms with van der Waals surface area (Å²) in [5.41, 5.74) is 3.38. The van der Waals surface area contributed by atoms with Crippen molar-refractivity contribution in [2.75, 3.05) is 0 Å². The smallest absolute Gasteiger partial charge is 0.257 e. The molecule has 0 spiro atoms. The first kappa shape index (κ1) is 16.5. The molecule has 1 fully saturated rings. The summed E-state index contributed by atoms with van der Waals surface area (Å²) in [5.74, 6) is 0.0558. The zero-order valence-electron chi connectivity index (χ0n) is 15.0. The van der Waals surface area contributed by atoms with E-state index in [4.69, 9.17) is 0 Å². The quantitative estimate of drug-likeness (QED) is 0.577. The fourth-order valence-corrected chi connectivity index (χ4v) is 3.53. The summed E-state index contributed by atoms with van der Waals surface area (Å²) in [4.78, 5) is 17.4. The molecule has 138 valence electrons. The number of rotatable bonds is 4. The maximum Gasteiger partial charge on any atom is 0.257 e. The topological polar surface area (TPSA) is 79.5 Å². The Morgan fingerprint density at radius 1 is 1.07 bits per heavy atom. The Kier molecular flexibility index (Phi) is 3.83. The van der Waals surface area contributed by atoms with Gasteiger partial charge in [-0.25, -0.2) is 4.98 Å². The molecule has 2 heterocycles. The number of amides is 1. The van der Waals surface area contributed by atoms with Gasteiger partial charge in [0.1, 0.15) is 5.56 Å². The number of hydrogen-bond acceptors (Lipinski definition) is 4. The van der Waals surface area contributed by atoms with Gasteiger partial charge in [-0.05, 0) is 12.0 Å². The predicted molar refractivity (Wildman–Crippen MR) is 105 cm³/mol. The third kappa shape index (κ3) is 2.89. The molecule has 0 radical (unpaired) electrons. The predicted octanol–water partition coefficient (Wildman–Crippen LogP) is 3.39. The number of benzene rings is 2. The van der Waals surface area contributed by atoms with Crippen molar-refractivity contribution in [2.24, 2.45) is 0 Å². The summed E-state index contributed by atoms with van der Waals surface area (Å²) in [7, 11) is 0. The highest BCUT2D eigenvalue weighted by atomic mass is 16.3. The molecular weight excluding hydrogens is 352 g/mol. The van der Waals surface area contributed by atoms with Gasteiger partial charge >= 0.3 is 0 Å². The van der Waals surface area contributed by atoms with Crippen LogP contribution in [0.4, 0.5) is 0 Å². The molecule has 1 amide bonds. The summed E-state index contributed by atoms with van der Waals surface area (Å²) in [6.45, 7) is 0. The third-order valence-corrected chi connectivity index (χ3v) is 5.10. The normalized spacial score (nSPS) is 18.1. The second-order valence-corrected chi connectivity index (χ2v) is 6.99. The van der Waals surface area contributed by atoms with Crippen LogP contribution in [0, 0.1) is 0 Å². The maximum atomic E-state index is 12.8. The first-order valence-corrected chi connectivity index (χ1v) is 9.19. The Balaban J connectivity index is 1.43. The van der Waals surface area contributed by atoms with E-state index in [1.165, 1.54) is 16.3 Å². The van der Waals surface area contributed by atoms with E-state index in [9.17, 15) is 9.90 Å². The van der Waals surface area contributed by atoms with Crippen LogP contribution in [0.2, 0.25) is 0 Å². The lowest BCUT2D eigenvalue weighted by atomic mass is 10.1. The minimum atomic E-state index is -0.226. The molecule has 6 heteroatoms. The number of carbonyl (C=O) groups excluding carboxylic acids is 1. The summed E-state index contributed by atoms with van der Waals surface area (Å²) < 4.78 is 1.28. The van der Waals surface area contributed by atoms with E-state index < -0.39 is 0 Å². The first-order chi connectivity index (χ1) is 13.7. The molecule has 0 saturated heterocycles. The summed E-state index contributed by atoms with van der Waals surface area (Å²) >= 11 is 0. The van der Waals surface area contributed by atoms with Gasteiger partial charge in [0.2, 0.25) is 5.88 Å². The molecule has 2 aromatic carbocycles. The average Bonchev–Trinajstić information content (AvgIpc) is 3.35. The molecule has 6 nitrogen and oxygen atoms in total. The highest BCUT2D eigenvalue weighted by molar-refractivity contribution is 6.00. The number of aromatic nitrogens is 3. The standard InChI is InChI=1S/C22H18N4O2/c27-20-12-18(15-9-5-2-6-10-15)24-21-17(13-23-26(20)21)22(28)25-19-11-16(19)14-7-3-1-4-8-14/h1-10,12-13,16,19,27H,11H2,(H,25,28)/t16-,19+/m1/s1. The van der Waals surface area contributed by atoms with Crippen molar-refractivity contribution in [1.29, 1.82) is 0 Å². The van der Waals surface area contributed by atoms with Crippen LogP contribution in [-0.2, 0) is 0 Å². The largest absolute Gasteiger partial charge is 0.493 e. The Morgan fingerprint density at radius 3 is 2.54 bits per heavy atom. The molecule has 1 aliphatic rings. The first-order valence-electron chi connectivity index (χ1n) is 9.19. The third-order valence-electron chi connectivity index (χ3n) is 5.10. The monoisotopic (exact) mass is 370 g/mol. The molecule has 2 aromatic heterocycles. The van der Waals surface area contributed by atoms with Crippen molar-refractivity contribution in [3.63, 3.8) is 0 Å². The van der Waals surface area contributed by atoms with Gasteiger partial charge in [-0.15, -0.1) is 0 Å². The van der Waals surface area contributed by atoms with Gasteiger partial charge in [0, 0.05) is 23.6 Å². The van der Waals surface area contributed by atoms with Crippen molar-refractivity contribution in [2.45, 2.75) is 18.4 Å². The van der Waals surface area contributed by atoms with Crippen molar-refractivity contribution < 1.29 is 9.90 Å². The molecule has 0 bridgehead atoms. The Bertz CT molecular complexity index is 1160. The molecule has 28 heavy (non-hydrogen) atoms. The Hall–Kier alpha value is -3.67. The van der Waals surface area contributed by atoms with E-state index in [0.717, 1.165) is 12.0 Å². The fourth-order valence-electron chi connectivity index (χ4n) is 3.53. The zero-order valence-corrected chi connectivity index (χ0v) is 15.0. The SMILES string of the molecule is O=C(N[C@H]1C[C@@H]1c1ccccc1)c1cnn2c(O)cc(-c3ccccc3)nc12. The molecule has 0 unspecified atom stereocenters. The van der Waals surface area contributed by atoms with Crippen molar-refractivity contribution in [1.82, 2.24) is 19.9 Å². The minimum Gasteiger partial charge on any atom is -0.493 e. The summed E-state index contributed by atoms with van der Waals surface area (Å²) in [5, 5.41) is 17.5. The molecule has 2 atom stereocenters. The van der Waals surface area contributed by atoms with Crippen LogP contribution in [0.15, 0.2) is 72.9 Å². The second kappa shape index (κ2) is 6.49. The van der Waals surface area contributed by atoms with Gasteiger partial charge in [0.05, 0.1) is 11.9 Å². The van der Waals surface area contributed by atoms with Gasteiger partial charge in [0.25, 0.3) is 5.91 Å². The number of fused-ring (bicyclic) bond motifs is 1. The van der Waals surface area contributed by atoms with Crippen LogP contribution in [0.5, 0.6) is 5.88 Å². The Morgan fingerprint density at radius 2 is 1.79 bits per heavy atom. The number of hydrogen-bond donors (Lipinski definition) is 2. The van der Waals surface area contributed by atoms with E-state index in [2.05, 4.69) is 27.5 Å². The van der Waals surface area contributed by atoms with Gasteiger partial charge in [-0.2, -0.15) is 9.61 Å². The van der Waals surface area contributed by atoms with Crippen LogP contribution >= 0.6 is 0 Å². The van der Waals surface area contributed by atoms with Gasteiger partial charge in [-0.1, -0.05) is 60.7 Å². The average molecular weight is 370 g/mol. The van der Waals surface area contributed by atoms with E-state index in [0.29, 0.717) is 22.8 Å². The second-order valence-electron chi connectivity index (χ2n) is 6.99. The lowest BCUT2D eigenvalue weighted by molar-refractivity contribution is 0.0952. The van der Waals surface area contributed by atoms with E-state index in [1.54, 1.807) is 6.07 Å². The number of nitrogens with zero attached hydrogens (tertiary/aromatic N) is 3. The minimum absolute atomic E-state index is 0.0588. The lowest BCUT2D eigenvalue weighted by Gasteiger charge is -2.06. The van der Waals surface area contributed by atoms with Crippen LogP contribution in [-0.4, -0.2) is 31.7 Å². The molecule has 2 N–H and O–H groups in total. The molecule has 5 rings (SSSR count). The van der Waals surface area contributed by atoms with Crippen LogP contribution < -0.4 is 5.32 Å². The van der Waals surface area contributed by atoms with Crippen LogP contribution in [0.3, 0.4) is 0 Å². The molecule has 1 saturated carbocycles. The van der Waals surface area contributed by atoms with Crippen LogP contribution in [0.25, 0.3) is 16.9 Å². The highest BCUT2D eigenvalue weighted by Crippen LogP contribution is 2.40. The number of nitrogens with one attached hydrogen (secondary N) is 1. The van der Waals surface area contributed by atoms with Crippen molar-refractivity contribution in [3.8, 4) is 17.1 Å². The van der Waals surface area contributed by atoms with E-state index in [-0.39, 0.29) is 17.8 Å². The number of aromatic hydroxyl groups is 1. The summed E-state index contributed by atoms with van der Waals surface area (Å²) in [6, 6.07) is 21.4. The maximum absolute atomic E-state index is 12.8. The van der Waals surface area contributed by atoms with Gasteiger partial charge in [-0.3, -0.25) is 4.79 Å². The van der Waals surface area contributed by atoms with E-state index in [1.807, 2.05) is 48.5 Å². The molecule has 1 aliphatic carbocycles. The molecule has 0 aliphatic heterocycles. The highest BCUT2D eigenvalue weighted by Gasteiger charge is 2.39.